The summed E-state index contributed by atoms with van der Waals surface area (Å²) in [5, 5.41) is 0. The molecule has 2 N–H and O–H groups in total. The highest BCUT2D eigenvalue weighted by Crippen LogP contribution is 2.26. The molecule has 0 aromatic heterocycles. The third-order valence-corrected chi connectivity index (χ3v) is 4.49. The predicted molar refractivity (Wildman–Crippen MR) is 88.3 cm³/mol. The molecule has 1 aliphatic rings. The van der Waals surface area contributed by atoms with Crippen molar-refractivity contribution in [3.05, 3.63) is 29.3 Å². The fourth-order valence-electron chi connectivity index (χ4n) is 3.04. The average molecular weight is 288 g/mol. The van der Waals surface area contributed by atoms with Crippen molar-refractivity contribution >= 4 is 11.6 Å². The molecule has 0 radical (unpaired) electrons. The van der Waals surface area contributed by atoms with Crippen LogP contribution in [0.5, 0.6) is 0 Å². The maximum absolute atomic E-state index is 12.9. The van der Waals surface area contributed by atoms with E-state index in [1.54, 1.807) is 0 Å². The van der Waals surface area contributed by atoms with E-state index in [1.165, 1.54) is 12.8 Å². The van der Waals surface area contributed by atoms with Crippen molar-refractivity contribution < 1.29 is 4.79 Å². The van der Waals surface area contributed by atoms with Gasteiger partial charge in [-0.1, -0.05) is 26.7 Å². The van der Waals surface area contributed by atoms with E-state index in [4.69, 9.17) is 5.73 Å². The van der Waals surface area contributed by atoms with E-state index in [0.717, 1.165) is 42.6 Å². The second-order valence-corrected chi connectivity index (χ2v) is 6.69. The van der Waals surface area contributed by atoms with Crippen LogP contribution in [0.25, 0.3) is 0 Å². The molecule has 1 amide bonds. The van der Waals surface area contributed by atoms with Crippen molar-refractivity contribution in [2.75, 3.05) is 12.3 Å². The van der Waals surface area contributed by atoms with Gasteiger partial charge in [-0.3, -0.25) is 4.79 Å². The second kappa shape index (κ2) is 6.97. The van der Waals surface area contributed by atoms with Gasteiger partial charge in [-0.05, 0) is 55.9 Å². The van der Waals surface area contributed by atoms with E-state index < -0.39 is 0 Å². The zero-order valence-corrected chi connectivity index (χ0v) is 13.6. The largest absolute Gasteiger partial charge is 0.399 e. The molecule has 116 valence electrons. The van der Waals surface area contributed by atoms with Gasteiger partial charge in [-0.15, -0.1) is 0 Å². The van der Waals surface area contributed by atoms with Gasteiger partial charge in [0, 0.05) is 23.8 Å². The van der Waals surface area contributed by atoms with Gasteiger partial charge in [0.2, 0.25) is 0 Å². The molecule has 1 aromatic carbocycles. The summed E-state index contributed by atoms with van der Waals surface area (Å²) < 4.78 is 0. The number of carbonyl (C=O) groups excluding carboxylic acids is 1. The monoisotopic (exact) mass is 288 g/mol. The van der Waals surface area contributed by atoms with Crippen molar-refractivity contribution in [3.8, 4) is 0 Å². The fraction of sp³-hybridized carbons (Fsp3) is 0.611. The molecule has 1 saturated carbocycles. The molecule has 0 atom stereocenters. The number of nitrogens with two attached hydrogens (primary N) is 1. The predicted octanol–water partition coefficient (Wildman–Crippen LogP) is 4.01. The lowest BCUT2D eigenvalue weighted by Gasteiger charge is -2.30. The SMILES string of the molecule is Cc1cc(C(=O)N(CCC(C)C)C2CCCC2)ccc1N. The number of carbonyl (C=O) groups is 1. The van der Waals surface area contributed by atoms with E-state index in [9.17, 15) is 4.79 Å². The van der Waals surface area contributed by atoms with Gasteiger partial charge >= 0.3 is 0 Å². The number of amides is 1. The van der Waals surface area contributed by atoms with Crippen LogP contribution in [0.3, 0.4) is 0 Å². The minimum Gasteiger partial charge on any atom is -0.399 e. The molecule has 21 heavy (non-hydrogen) atoms. The van der Waals surface area contributed by atoms with Crippen molar-refractivity contribution in [1.29, 1.82) is 0 Å². The van der Waals surface area contributed by atoms with Crippen LogP contribution in [0.2, 0.25) is 0 Å². The molecule has 0 heterocycles. The fourth-order valence-corrected chi connectivity index (χ4v) is 3.04. The Morgan fingerprint density at radius 3 is 2.57 bits per heavy atom. The zero-order chi connectivity index (χ0) is 15.4. The Bertz CT molecular complexity index is 490. The van der Waals surface area contributed by atoms with Crippen LogP contribution in [-0.2, 0) is 0 Å². The number of anilines is 1. The van der Waals surface area contributed by atoms with Crippen LogP contribution in [0, 0.1) is 12.8 Å². The molecular formula is C18H28N2O. The Kier molecular flexibility index (Phi) is 5.27. The first-order chi connectivity index (χ1) is 9.99. The minimum atomic E-state index is 0.172. The Balaban J connectivity index is 2.17. The molecule has 0 unspecified atom stereocenters. The van der Waals surface area contributed by atoms with Gasteiger partial charge in [0.15, 0.2) is 0 Å². The summed E-state index contributed by atoms with van der Waals surface area (Å²) in [6.45, 7) is 7.25. The van der Waals surface area contributed by atoms with Crippen LogP contribution in [0.15, 0.2) is 18.2 Å². The first-order valence-electron chi connectivity index (χ1n) is 8.16. The van der Waals surface area contributed by atoms with Crippen LogP contribution in [-0.4, -0.2) is 23.4 Å². The second-order valence-electron chi connectivity index (χ2n) is 6.69. The number of nitrogens with zero attached hydrogens (tertiary/aromatic N) is 1. The summed E-state index contributed by atoms with van der Waals surface area (Å²) in [5.74, 6) is 0.792. The lowest BCUT2D eigenvalue weighted by atomic mass is 10.1. The number of hydrogen-bond donors (Lipinski definition) is 1. The van der Waals surface area contributed by atoms with E-state index in [2.05, 4.69) is 18.7 Å². The van der Waals surface area contributed by atoms with Crippen LogP contribution in [0.4, 0.5) is 5.69 Å². The Hall–Kier alpha value is -1.51. The molecule has 0 saturated heterocycles. The summed E-state index contributed by atoms with van der Waals surface area (Å²) in [6.07, 6.45) is 5.86. The third kappa shape index (κ3) is 3.99. The summed E-state index contributed by atoms with van der Waals surface area (Å²) in [6, 6.07) is 6.06. The first-order valence-corrected chi connectivity index (χ1v) is 8.16. The molecule has 3 nitrogen and oxygen atoms in total. The van der Waals surface area contributed by atoms with Crippen LogP contribution in [0.1, 0.15) is 61.9 Å². The highest BCUT2D eigenvalue weighted by Gasteiger charge is 2.27. The van der Waals surface area contributed by atoms with Gasteiger partial charge < -0.3 is 10.6 Å². The smallest absolute Gasteiger partial charge is 0.254 e. The lowest BCUT2D eigenvalue weighted by molar-refractivity contribution is 0.0672. The Labute approximate surface area is 128 Å². The van der Waals surface area contributed by atoms with Crippen LogP contribution >= 0.6 is 0 Å². The topological polar surface area (TPSA) is 46.3 Å². The number of rotatable bonds is 5. The Morgan fingerprint density at radius 2 is 2.00 bits per heavy atom. The maximum atomic E-state index is 12.9. The van der Waals surface area contributed by atoms with Crippen molar-refractivity contribution in [2.24, 2.45) is 5.92 Å². The molecule has 1 fully saturated rings. The average Bonchev–Trinajstić information content (AvgIpc) is 2.95. The maximum Gasteiger partial charge on any atom is 0.254 e. The van der Waals surface area contributed by atoms with E-state index in [1.807, 2.05) is 25.1 Å². The minimum absolute atomic E-state index is 0.172. The summed E-state index contributed by atoms with van der Waals surface area (Å²) in [5.41, 5.74) is 8.37. The summed E-state index contributed by atoms with van der Waals surface area (Å²) >= 11 is 0. The van der Waals surface area contributed by atoms with E-state index in [0.29, 0.717) is 12.0 Å². The number of hydrogen-bond acceptors (Lipinski definition) is 2. The summed E-state index contributed by atoms with van der Waals surface area (Å²) in [4.78, 5) is 15.0. The van der Waals surface area contributed by atoms with Gasteiger partial charge in [-0.2, -0.15) is 0 Å². The van der Waals surface area contributed by atoms with E-state index in [-0.39, 0.29) is 5.91 Å². The normalized spacial score (nSPS) is 15.6. The number of benzene rings is 1. The standard InChI is InChI=1S/C18H28N2O/c1-13(2)10-11-20(16-6-4-5-7-16)18(21)15-8-9-17(19)14(3)12-15/h8-9,12-13,16H,4-7,10-11,19H2,1-3H3. The van der Waals surface area contributed by atoms with Gasteiger partial charge in [0.05, 0.1) is 0 Å². The first kappa shape index (κ1) is 15.9. The molecular weight excluding hydrogens is 260 g/mol. The van der Waals surface area contributed by atoms with Gasteiger partial charge in [0.25, 0.3) is 5.91 Å². The molecule has 1 aromatic rings. The van der Waals surface area contributed by atoms with Crippen molar-refractivity contribution in [2.45, 2.75) is 58.9 Å². The van der Waals surface area contributed by atoms with E-state index >= 15 is 0 Å². The molecule has 3 heteroatoms. The zero-order valence-electron chi connectivity index (χ0n) is 13.6. The quantitative estimate of drug-likeness (QED) is 0.832. The third-order valence-electron chi connectivity index (χ3n) is 4.49. The lowest BCUT2D eigenvalue weighted by Crippen LogP contribution is -2.40. The van der Waals surface area contributed by atoms with Crippen molar-refractivity contribution in [3.63, 3.8) is 0 Å². The van der Waals surface area contributed by atoms with Crippen molar-refractivity contribution in [1.82, 2.24) is 4.90 Å². The molecule has 0 aliphatic heterocycles. The molecule has 2 rings (SSSR count). The molecule has 1 aliphatic carbocycles. The van der Waals surface area contributed by atoms with Gasteiger partial charge in [-0.25, -0.2) is 0 Å². The Morgan fingerprint density at radius 1 is 1.33 bits per heavy atom. The highest BCUT2D eigenvalue weighted by molar-refractivity contribution is 5.95. The number of nitrogen functional groups attached to an aromatic ring is 1. The van der Waals surface area contributed by atoms with Gasteiger partial charge in [0.1, 0.15) is 0 Å². The molecule has 0 bridgehead atoms. The highest BCUT2D eigenvalue weighted by atomic mass is 16.2. The van der Waals surface area contributed by atoms with Crippen LogP contribution < -0.4 is 5.73 Å². The summed E-state index contributed by atoms with van der Waals surface area (Å²) in [7, 11) is 0. The molecule has 0 spiro atoms. The number of aryl methyl sites for hydroxylation is 1.